The standard InChI is InChI=1S/C25H45N3O2/c1-7-13-16-26(10-4)21-19-22(25(29)30)24(28(12-6)18-15-9-3)23(20-21)27(11-5)17-14-8-2/h19-20H,7-18H2,1-6H3,(H,29,30). The minimum Gasteiger partial charge on any atom is -0.478 e. The van der Waals surface area contributed by atoms with E-state index < -0.39 is 5.97 Å². The van der Waals surface area contributed by atoms with E-state index in [0.29, 0.717) is 5.56 Å². The Kier molecular flexibility index (Phi) is 12.3. The summed E-state index contributed by atoms with van der Waals surface area (Å²) in [5.41, 5.74) is 3.44. The summed E-state index contributed by atoms with van der Waals surface area (Å²) < 4.78 is 0. The van der Waals surface area contributed by atoms with Crippen LogP contribution in [0.15, 0.2) is 12.1 Å². The summed E-state index contributed by atoms with van der Waals surface area (Å²) in [6, 6.07) is 4.15. The minimum absolute atomic E-state index is 0.436. The third-order valence-corrected chi connectivity index (χ3v) is 5.82. The zero-order chi connectivity index (χ0) is 22.5. The highest BCUT2D eigenvalue weighted by molar-refractivity contribution is 6.00. The topological polar surface area (TPSA) is 47.0 Å². The van der Waals surface area contributed by atoms with Crippen molar-refractivity contribution in [3.05, 3.63) is 17.7 Å². The van der Waals surface area contributed by atoms with E-state index in [1.165, 1.54) is 0 Å². The Morgan fingerprint density at radius 2 is 1.20 bits per heavy atom. The Balaban J connectivity index is 3.66. The zero-order valence-electron chi connectivity index (χ0n) is 20.3. The number of unbranched alkanes of at least 4 members (excludes halogenated alkanes) is 3. The molecule has 0 saturated carbocycles. The van der Waals surface area contributed by atoms with Gasteiger partial charge in [-0.2, -0.15) is 0 Å². The van der Waals surface area contributed by atoms with Crippen LogP contribution in [0.3, 0.4) is 0 Å². The fourth-order valence-electron chi connectivity index (χ4n) is 3.92. The fraction of sp³-hybridized carbons (Fsp3) is 0.720. The van der Waals surface area contributed by atoms with Crippen LogP contribution in [0, 0.1) is 0 Å². The Hall–Kier alpha value is -1.91. The molecule has 0 radical (unpaired) electrons. The molecule has 0 atom stereocenters. The first-order valence-corrected chi connectivity index (χ1v) is 12.1. The zero-order valence-corrected chi connectivity index (χ0v) is 20.3. The van der Waals surface area contributed by atoms with Gasteiger partial charge in [-0.1, -0.05) is 40.0 Å². The lowest BCUT2D eigenvalue weighted by Gasteiger charge is -2.34. The molecule has 0 heterocycles. The van der Waals surface area contributed by atoms with Crippen LogP contribution in [0.25, 0.3) is 0 Å². The third kappa shape index (κ3) is 7.10. The van der Waals surface area contributed by atoms with Crippen LogP contribution in [0.1, 0.15) is 90.4 Å². The van der Waals surface area contributed by atoms with E-state index >= 15 is 0 Å². The Morgan fingerprint density at radius 3 is 1.63 bits per heavy atom. The summed E-state index contributed by atoms with van der Waals surface area (Å²) >= 11 is 0. The molecule has 1 rings (SSSR count). The van der Waals surface area contributed by atoms with Gasteiger partial charge in [-0.3, -0.25) is 0 Å². The number of anilines is 3. The molecule has 0 aliphatic heterocycles. The molecule has 0 spiro atoms. The predicted molar refractivity (Wildman–Crippen MR) is 132 cm³/mol. The van der Waals surface area contributed by atoms with Gasteiger partial charge in [-0.15, -0.1) is 0 Å². The van der Waals surface area contributed by atoms with Crippen molar-refractivity contribution < 1.29 is 9.90 Å². The smallest absolute Gasteiger partial charge is 0.337 e. The molecule has 0 aromatic heterocycles. The van der Waals surface area contributed by atoms with E-state index in [-0.39, 0.29) is 0 Å². The van der Waals surface area contributed by atoms with Gasteiger partial charge < -0.3 is 19.8 Å². The van der Waals surface area contributed by atoms with Gasteiger partial charge in [0.2, 0.25) is 0 Å². The number of rotatable bonds is 16. The van der Waals surface area contributed by atoms with Gasteiger partial charge in [-0.25, -0.2) is 4.79 Å². The van der Waals surface area contributed by atoms with Gasteiger partial charge in [-0.05, 0) is 52.2 Å². The molecule has 0 fully saturated rings. The lowest BCUT2D eigenvalue weighted by atomic mass is 10.0. The van der Waals surface area contributed by atoms with Crippen LogP contribution in [-0.2, 0) is 0 Å². The average molecular weight is 420 g/mol. The molecule has 5 nitrogen and oxygen atoms in total. The summed E-state index contributed by atoms with van der Waals surface area (Å²) in [5.74, 6) is -0.832. The number of carbonyl (C=O) groups is 1. The van der Waals surface area contributed by atoms with Crippen molar-refractivity contribution in [3.63, 3.8) is 0 Å². The molecule has 1 N–H and O–H groups in total. The van der Waals surface area contributed by atoms with Crippen LogP contribution in [0.4, 0.5) is 17.1 Å². The maximum atomic E-state index is 12.4. The summed E-state index contributed by atoms with van der Waals surface area (Å²) in [6.45, 7) is 18.4. The first kappa shape index (κ1) is 26.1. The van der Waals surface area contributed by atoms with Gasteiger partial charge in [0.15, 0.2) is 0 Å². The molecule has 0 bridgehead atoms. The number of carboxylic acids is 1. The molecular formula is C25H45N3O2. The van der Waals surface area contributed by atoms with E-state index in [1.54, 1.807) is 0 Å². The predicted octanol–water partition coefficient (Wildman–Crippen LogP) is 6.26. The Bertz CT molecular complexity index is 633. The molecule has 1 aromatic carbocycles. The van der Waals surface area contributed by atoms with E-state index in [2.05, 4.69) is 62.3 Å². The molecule has 5 heteroatoms. The highest BCUT2D eigenvalue weighted by Gasteiger charge is 2.24. The lowest BCUT2D eigenvalue weighted by molar-refractivity contribution is 0.0697. The quantitative estimate of drug-likeness (QED) is 0.342. The van der Waals surface area contributed by atoms with Gasteiger partial charge in [0, 0.05) is 45.0 Å². The number of hydrogen-bond acceptors (Lipinski definition) is 4. The van der Waals surface area contributed by atoms with Crippen LogP contribution in [0.5, 0.6) is 0 Å². The van der Waals surface area contributed by atoms with Gasteiger partial charge >= 0.3 is 5.97 Å². The molecule has 0 amide bonds. The number of nitrogens with zero attached hydrogens (tertiary/aromatic N) is 3. The highest BCUT2D eigenvalue weighted by Crippen LogP contribution is 2.38. The fourth-order valence-corrected chi connectivity index (χ4v) is 3.92. The molecule has 0 unspecified atom stereocenters. The molecule has 30 heavy (non-hydrogen) atoms. The van der Waals surface area contributed by atoms with Gasteiger partial charge in [0.05, 0.1) is 16.9 Å². The van der Waals surface area contributed by atoms with Gasteiger partial charge in [0.25, 0.3) is 0 Å². The van der Waals surface area contributed by atoms with E-state index in [4.69, 9.17) is 0 Å². The first-order valence-electron chi connectivity index (χ1n) is 12.1. The normalized spacial score (nSPS) is 10.9. The van der Waals surface area contributed by atoms with Crippen LogP contribution in [0.2, 0.25) is 0 Å². The first-order chi connectivity index (χ1) is 14.5. The second-order valence-electron chi connectivity index (χ2n) is 7.97. The van der Waals surface area contributed by atoms with Crippen molar-refractivity contribution >= 4 is 23.0 Å². The summed E-state index contributed by atoms with van der Waals surface area (Å²) in [6.07, 6.45) is 6.63. The van der Waals surface area contributed by atoms with E-state index in [9.17, 15) is 9.90 Å². The number of hydrogen-bond donors (Lipinski definition) is 1. The number of carboxylic acid groups (broad SMARTS) is 1. The van der Waals surface area contributed by atoms with Crippen LogP contribution in [-0.4, -0.2) is 50.3 Å². The maximum Gasteiger partial charge on any atom is 0.337 e. The lowest BCUT2D eigenvalue weighted by Crippen LogP contribution is -2.32. The molecule has 0 saturated heterocycles. The van der Waals surface area contributed by atoms with Crippen molar-refractivity contribution in [2.45, 2.75) is 80.1 Å². The van der Waals surface area contributed by atoms with Gasteiger partial charge in [0.1, 0.15) is 0 Å². The third-order valence-electron chi connectivity index (χ3n) is 5.82. The van der Waals surface area contributed by atoms with Crippen molar-refractivity contribution in [2.24, 2.45) is 0 Å². The molecule has 172 valence electrons. The van der Waals surface area contributed by atoms with E-state index in [0.717, 1.165) is 94.9 Å². The Morgan fingerprint density at radius 1 is 0.733 bits per heavy atom. The second-order valence-corrected chi connectivity index (χ2v) is 7.97. The van der Waals surface area contributed by atoms with Crippen LogP contribution < -0.4 is 14.7 Å². The number of benzene rings is 1. The Labute approximate surface area is 185 Å². The summed E-state index contributed by atoms with van der Waals surface area (Å²) in [7, 11) is 0. The largest absolute Gasteiger partial charge is 0.478 e. The molecule has 0 aliphatic carbocycles. The summed E-state index contributed by atoms with van der Waals surface area (Å²) in [4.78, 5) is 19.4. The number of aromatic carboxylic acids is 1. The average Bonchev–Trinajstić information content (AvgIpc) is 2.75. The highest BCUT2D eigenvalue weighted by atomic mass is 16.4. The molecule has 0 aliphatic rings. The van der Waals surface area contributed by atoms with Crippen molar-refractivity contribution in [1.82, 2.24) is 0 Å². The second kappa shape index (κ2) is 14.2. The van der Waals surface area contributed by atoms with E-state index in [1.807, 2.05) is 6.07 Å². The van der Waals surface area contributed by atoms with Crippen LogP contribution >= 0.6 is 0 Å². The minimum atomic E-state index is -0.832. The maximum absolute atomic E-state index is 12.4. The molecular weight excluding hydrogens is 374 g/mol. The summed E-state index contributed by atoms with van der Waals surface area (Å²) in [5, 5.41) is 10.2. The molecule has 1 aromatic rings. The van der Waals surface area contributed by atoms with Crippen molar-refractivity contribution in [1.29, 1.82) is 0 Å². The van der Waals surface area contributed by atoms with Crippen molar-refractivity contribution in [3.8, 4) is 0 Å². The monoisotopic (exact) mass is 419 g/mol. The van der Waals surface area contributed by atoms with Crippen molar-refractivity contribution in [2.75, 3.05) is 54.0 Å². The SMILES string of the molecule is CCCCN(CC)c1cc(C(=O)O)c(N(CC)CCCC)c(N(CC)CCCC)c1.